The molecule has 11 rings (SSSR count). The molecule has 0 spiro atoms. The Morgan fingerprint density at radius 2 is 0.810 bits per heavy atom. The topological polar surface area (TPSA) is 16.4 Å². The van der Waals surface area contributed by atoms with Gasteiger partial charge in [-0.25, -0.2) is 0 Å². The molecule has 11 aromatic rings. The molecule has 2 heteroatoms. The van der Waals surface area contributed by atoms with Crippen LogP contribution in [0.25, 0.3) is 88.0 Å². The van der Waals surface area contributed by atoms with E-state index in [0.29, 0.717) is 0 Å². The molecule has 0 atom stereocenters. The van der Waals surface area contributed by atoms with Crippen LogP contribution in [-0.2, 0) is 0 Å². The van der Waals surface area contributed by atoms with Crippen molar-refractivity contribution >= 4 is 60.5 Å². The van der Waals surface area contributed by atoms with E-state index < -0.39 is 0 Å². The first kappa shape index (κ1) is 33.6. The zero-order chi connectivity index (χ0) is 38.4. The first-order chi connectivity index (χ1) is 28.8. The number of benzene rings is 10. The van der Waals surface area contributed by atoms with Crippen molar-refractivity contribution in [2.75, 3.05) is 4.90 Å². The molecule has 0 amide bonds. The van der Waals surface area contributed by atoms with E-state index in [2.05, 4.69) is 223 Å². The van der Waals surface area contributed by atoms with Crippen LogP contribution in [0.1, 0.15) is 0 Å². The maximum atomic E-state index is 6.63. The molecule has 0 saturated carbocycles. The van der Waals surface area contributed by atoms with E-state index >= 15 is 0 Å². The number of nitrogens with zero attached hydrogens (tertiary/aromatic N) is 1. The summed E-state index contributed by atoms with van der Waals surface area (Å²) < 4.78 is 6.63. The molecule has 0 aliphatic heterocycles. The Kier molecular flexibility index (Phi) is 8.19. The molecular formula is C56H37NO. The highest BCUT2D eigenvalue weighted by molar-refractivity contribution is 6.13. The van der Waals surface area contributed by atoms with Crippen LogP contribution in [0.3, 0.4) is 0 Å². The second-order valence-corrected chi connectivity index (χ2v) is 14.8. The van der Waals surface area contributed by atoms with Gasteiger partial charge >= 0.3 is 0 Å². The van der Waals surface area contributed by atoms with Gasteiger partial charge in [-0.3, -0.25) is 0 Å². The lowest BCUT2D eigenvalue weighted by molar-refractivity contribution is 0.670. The first-order valence-corrected chi connectivity index (χ1v) is 19.8. The van der Waals surface area contributed by atoms with Gasteiger partial charge in [0.05, 0.1) is 11.4 Å². The van der Waals surface area contributed by atoms with E-state index in [4.69, 9.17) is 4.42 Å². The van der Waals surface area contributed by atoms with Gasteiger partial charge in [-0.1, -0.05) is 194 Å². The quantitative estimate of drug-likeness (QED) is 0.151. The van der Waals surface area contributed by atoms with E-state index in [0.717, 1.165) is 61.3 Å². The van der Waals surface area contributed by atoms with Gasteiger partial charge in [-0.05, 0) is 79.7 Å². The Hall–Kier alpha value is -7.68. The maximum Gasteiger partial charge on any atom is 0.143 e. The molecule has 0 bridgehead atoms. The van der Waals surface area contributed by atoms with E-state index in [1.807, 2.05) is 6.07 Å². The predicted molar refractivity (Wildman–Crippen MR) is 245 cm³/mol. The molecular weight excluding hydrogens is 703 g/mol. The van der Waals surface area contributed by atoms with Crippen LogP contribution >= 0.6 is 0 Å². The maximum absolute atomic E-state index is 6.63. The van der Waals surface area contributed by atoms with E-state index in [1.54, 1.807) is 0 Å². The van der Waals surface area contributed by atoms with Crippen LogP contribution in [0, 0.1) is 0 Å². The van der Waals surface area contributed by atoms with Gasteiger partial charge in [0.2, 0.25) is 0 Å². The van der Waals surface area contributed by atoms with Crippen molar-refractivity contribution in [1.82, 2.24) is 0 Å². The molecule has 0 radical (unpaired) electrons. The van der Waals surface area contributed by atoms with E-state index in [1.165, 1.54) is 43.8 Å². The van der Waals surface area contributed by atoms with Crippen LogP contribution in [0.4, 0.5) is 17.1 Å². The summed E-state index contributed by atoms with van der Waals surface area (Å²) in [6.45, 7) is 0. The lowest BCUT2D eigenvalue weighted by Gasteiger charge is -2.30. The lowest BCUT2D eigenvalue weighted by atomic mass is 9.94. The van der Waals surface area contributed by atoms with Crippen molar-refractivity contribution in [1.29, 1.82) is 0 Å². The smallest absolute Gasteiger partial charge is 0.143 e. The minimum atomic E-state index is 0.889. The third-order valence-corrected chi connectivity index (χ3v) is 11.5. The summed E-state index contributed by atoms with van der Waals surface area (Å²) in [5.74, 6) is 0. The highest BCUT2D eigenvalue weighted by atomic mass is 16.3. The molecule has 1 aromatic heterocycles. The fourth-order valence-electron chi connectivity index (χ4n) is 8.73. The highest BCUT2D eigenvalue weighted by Gasteiger charge is 2.22. The summed E-state index contributed by atoms with van der Waals surface area (Å²) in [4.78, 5) is 2.41. The monoisotopic (exact) mass is 739 g/mol. The number of anilines is 3. The SMILES string of the molecule is c1ccc(-c2ccc(-c3ccccc3N(c3ccc(-c4cccc5c4ccc4ccccc45)cc3)c3ccccc3-c3cccc4c3oc3ccccc34)cc2)cc1. The Morgan fingerprint density at radius 1 is 0.276 bits per heavy atom. The van der Waals surface area contributed by atoms with Crippen LogP contribution in [0.15, 0.2) is 229 Å². The average Bonchev–Trinajstić information content (AvgIpc) is 3.69. The zero-order valence-electron chi connectivity index (χ0n) is 31.7. The van der Waals surface area contributed by atoms with Crippen LogP contribution < -0.4 is 4.90 Å². The summed E-state index contributed by atoms with van der Waals surface area (Å²) in [5, 5.41) is 7.27. The molecule has 0 unspecified atom stereocenters. The van der Waals surface area contributed by atoms with Gasteiger partial charge in [0.1, 0.15) is 11.2 Å². The number of hydrogen-bond donors (Lipinski definition) is 0. The molecule has 0 N–H and O–H groups in total. The Balaban J connectivity index is 1.09. The van der Waals surface area contributed by atoms with Crippen LogP contribution in [0.5, 0.6) is 0 Å². The Labute approximate surface area is 337 Å². The summed E-state index contributed by atoms with van der Waals surface area (Å²) >= 11 is 0. The minimum Gasteiger partial charge on any atom is -0.455 e. The summed E-state index contributed by atoms with van der Waals surface area (Å²) in [6, 6.07) is 80.6. The van der Waals surface area contributed by atoms with Gasteiger partial charge in [-0.2, -0.15) is 0 Å². The number of rotatable bonds is 7. The van der Waals surface area contributed by atoms with Crippen molar-refractivity contribution in [2.45, 2.75) is 0 Å². The molecule has 0 saturated heterocycles. The molecule has 2 nitrogen and oxygen atoms in total. The number of hydrogen-bond acceptors (Lipinski definition) is 2. The molecule has 0 fully saturated rings. The number of para-hydroxylation sites is 4. The second-order valence-electron chi connectivity index (χ2n) is 14.8. The van der Waals surface area contributed by atoms with Crippen molar-refractivity contribution in [3.8, 4) is 44.5 Å². The fraction of sp³-hybridized carbons (Fsp3) is 0. The first-order valence-electron chi connectivity index (χ1n) is 19.8. The summed E-state index contributed by atoms with van der Waals surface area (Å²) in [7, 11) is 0. The van der Waals surface area contributed by atoms with Gasteiger partial charge in [0.15, 0.2) is 0 Å². The van der Waals surface area contributed by atoms with Gasteiger partial charge in [0, 0.05) is 33.2 Å². The number of furan rings is 1. The summed E-state index contributed by atoms with van der Waals surface area (Å²) in [6.07, 6.45) is 0. The predicted octanol–water partition coefficient (Wildman–Crippen LogP) is 16.0. The third-order valence-electron chi connectivity index (χ3n) is 11.5. The zero-order valence-corrected chi connectivity index (χ0v) is 31.7. The van der Waals surface area contributed by atoms with Crippen molar-refractivity contribution in [3.05, 3.63) is 224 Å². The standard InChI is InChI=1S/C56H37NO/c1-2-14-38(15-3-1)39-28-30-42(31-29-39)46-18-6-9-25-53(46)57(54-26-10-7-19-49(54)51-23-13-24-52-50-20-8-11-27-55(50)58-56(51)52)43-35-32-41(33-36-43)45-21-12-22-47-44-17-5-4-16-40(44)34-37-48(45)47/h1-37H. The van der Waals surface area contributed by atoms with Crippen molar-refractivity contribution in [3.63, 3.8) is 0 Å². The summed E-state index contributed by atoms with van der Waals surface area (Å²) in [5.41, 5.74) is 14.2. The Morgan fingerprint density at radius 3 is 1.62 bits per heavy atom. The normalized spacial score (nSPS) is 11.4. The van der Waals surface area contributed by atoms with Crippen molar-refractivity contribution < 1.29 is 4.42 Å². The fourth-order valence-corrected chi connectivity index (χ4v) is 8.73. The van der Waals surface area contributed by atoms with Crippen LogP contribution in [0.2, 0.25) is 0 Å². The molecule has 272 valence electrons. The molecule has 0 aliphatic rings. The minimum absolute atomic E-state index is 0.889. The molecule has 58 heavy (non-hydrogen) atoms. The van der Waals surface area contributed by atoms with Crippen LogP contribution in [-0.4, -0.2) is 0 Å². The van der Waals surface area contributed by atoms with E-state index in [9.17, 15) is 0 Å². The highest BCUT2D eigenvalue weighted by Crippen LogP contribution is 2.47. The molecule has 10 aromatic carbocycles. The largest absolute Gasteiger partial charge is 0.455 e. The molecule has 0 aliphatic carbocycles. The van der Waals surface area contributed by atoms with Gasteiger partial charge in [-0.15, -0.1) is 0 Å². The van der Waals surface area contributed by atoms with Crippen molar-refractivity contribution in [2.24, 2.45) is 0 Å². The molecule has 1 heterocycles. The third kappa shape index (κ3) is 5.74. The number of fused-ring (bicyclic) bond motifs is 6. The van der Waals surface area contributed by atoms with E-state index in [-0.39, 0.29) is 0 Å². The average molecular weight is 740 g/mol. The Bertz CT molecular complexity index is 3270. The van der Waals surface area contributed by atoms with Gasteiger partial charge in [0.25, 0.3) is 0 Å². The van der Waals surface area contributed by atoms with Gasteiger partial charge < -0.3 is 9.32 Å². The lowest BCUT2D eigenvalue weighted by Crippen LogP contribution is -2.12. The second kappa shape index (κ2) is 14.1.